The number of hydrazine groups is 1. The van der Waals surface area contributed by atoms with Gasteiger partial charge in [0.15, 0.2) is 11.5 Å². The number of fused-ring (bicyclic) bond motifs is 1. The molecule has 0 bridgehead atoms. The number of carbonyl (C=O) groups excluding carboxylic acids is 2. The predicted octanol–water partition coefficient (Wildman–Crippen LogP) is 5.65. The molecular formula is C31H30N2O4. The van der Waals surface area contributed by atoms with Crippen LogP contribution in [0.3, 0.4) is 0 Å². The van der Waals surface area contributed by atoms with E-state index < -0.39 is 17.3 Å². The molecule has 0 aromatic heterocycles. The smallest absolute Gasteiger partial charge is 0.260 e. The summed E-state index contributed by atoms with van der Waals surface area (Å²) in [7, 11) is 0. The summed E-state index contributed by atoms with van der Waals surface area (Å²) in [6.07, 6.45) is 4.16. The van der Waals surface area contributed by atoms with Gasteiger partial charge in [-0.05, 0) is 61.2 Å². The van der Waals surface area contributed by atoms with Crippen molar-refractivity contribution in [2.75, 3.05) is 12.0 Å². The number of amides is 2. The summed E-state index contributed by atoms with van der Waals surface area (Å²) in [4.78, 5) is 28.5. The first-order chi connectivity index (χ1) is 17.9. The molecule has 1 aliphatic carbocycles. The SMILES string of the molecule is C=CC1=CCC2C(=O)N(Nc3ccc(C)cc3)C(=O)C2(c2ccccc2)C1c1ccc(O)c(OCC)c1. The van der Waals surface area contributed by atoms with Crippen molar-refractivity contribution >= 4 is 17.5 Å². The van der Waals surface area contributed by atoms with Crippen molar-refractivity contribution in [1.82, 2.24) is 5.01 Å². The lowest BCUT2D eigenvalue weighted by Gasteiger charge is -2.43. The number of nitrogens with zero attached hydrogens (tertiary/aromatic N) is 1. The van der Waals surface area contributed by atoms with Crippen LogP contribution in [-0.4, -0.2) is 28.5 Å². The molecule has 3 aromatic rings. The monoisotopic (exact) mass is 494 g/mol. The number of hydrogen-bond donors (Lipinski definition) is 2. The van der Waals surface area contributed by atoms with Crippen molar-refractivity contribution in [3.05, 3.63) is 114 Å². The van der Waals surface area contributed by atoms with E-state index >= 15 is 0 Å². The summed E-state index contributed by atoms with van der Waals surface area (Å²) in [5.41, 5.74) is 5.99. The second-order valence-electron chi connectivity index (χ2n) is 9.48. The van der Waals surface area contributed by atoms with E-state index in [0.717, 1.165) is 22.3 Å². The molecule has 1 saturated heterocycles. The predicted molar refractivity (Wildman–Crippen MR) is 143 cm³/mol. The molecule has 2 amide bonds. The summed E-state index contributed by atoms with van der Waals surface area (Å²) in [5, 5.41) is 11.6. The quantitative estimate of drug-likeness (QED) is 0.415. The Morgan fingerprint density at radius 1 is 1.11 bits per heavy atom. The van der Waals surface area contributed by atoms with Gasteiger partial charge in [-0.15, -0.1) is 0 Å². The molecule has 3 unspecified atom stereocenters. The third kappa shape index (κ3) is 3.89. The fourth-order valence-electron chi connectivity index (χ4n) is 5.74. The van der Waals surface area contributed by atoms with Gasteiger partial charge in [0, 0.05) is 5.92 Å². The number of anilines is 1. The van der Waals surface area contributed by atoms with Gasteiger partial charge >= 0.3 is 0 Å². The van der Waals surface area contributed by atoms with E-state index in [-0.39, 0.29) is 17.6 Å². The van der Waals surface area contributed by atoms with Crippen LogP contribution in [0, 0.1) is 12.8 Å². The molecule has 2 aliphatic rings. The number of carbonyl (C=O) groups is 2. The molecule has 1 aliphatic heterocycles. The Hall–Kier alpha value is -4.32. The molecule has 3 aromatic carbocycles. The zero-order valence-electron chi connectivity index (χ0n) is 21.0. The van der Waals surface area contributed by atoms with Crippen LogP contribution in [0.15, 0.2) is 97.1 Å². The number of rotatable bonds is 7. The van der Waals surface area contributed by atoms with E-state index in [0.29, 0.717) is 24.5 Å². The molecule has 3 atom stereocenters. The van der Waals surface area contributed by atoms with Gasteiger partial charge in [0.25, 0.3) is 11.8 Å². The molecule has 188 valence electrons. The summed E-state index contributed by atoms with van der Waals surface area (Å²) >= 11 is 0. The number of hydrogen-bond acceptors (Lipinski definition) is 5. The van der Waals surface area contributed by atoms with Crippen LogP contribution in [0.2, 0.25) is 0 Å². The summed E-state index contributed by atoms with van der Waals surface area (Å²) in [6.45, 7) is 8.25. The molecule has 5 rings (SSSR count). The van der Waals surface area contributed by atoms with Crippen molar-refractivity contribution in [1.29, 1.82) is 0 Å². The molecule has 6 nitrogen and oxygen atoms in total. The topological polar surface area (TPSA) is 78.9 Å². The van der Waals surface area contributed by atoms with Crippen LogP contribution < -0.4 is 10.2 Å². The van der Waals surface area contributed by atoms with Gasteiger partial charge < -0.3 is 9.84 Å². The maximum absolute atomic E-state index is 14.6. The van der Waals surface area contributed by atoms with Gasteiger partial charge in [-0.1, -0.05) is 72.8 Å². The average molecular weight is 495 g/mol. The first-order valence-corrected chi connectivity index (χ1v) is 12.5. The molecule has 1 fully saturated rings. The van der Waals surface area contributed by atoms with Crippen LogP contribution >= 0.6 is 0 Å². The molecular weight excluding hydrogens is 464 g/mol. The van der Waals surface area contributed by atoms with Crippen LogP contribution in [0.1, 0.15) is 36.0 Å². The number of aryl methyl sites for hydroxylation is 1. The number of ether oxygens (including phenoxy) is 1. The zero-order chi connectivity index (χ0) is 26.2. The molecule has 1 heterocycles. The summed E-state index contributed by atoms with van der Waals surface area (Å²) < 4.78 is 5.67. The number of imide groups is 1. The number of nitrogens with one attached hydrogen (secondary N) is 1. The van der Waals surface area contributed by atoms with Crippen LogP contribution in [0.25, 0.3) is 0 Å². The third-order valence-electron chi connectivity index (χ3n) is 7.40. The Kier molecular flexibility index (Phi) is 6.34. The van der Waals surface area contributed by atoms with Crippen LogP contribution in [0.4, 0.5) is 5.69 Å². The van der Waals surface area contributed by atoms with Crippen LogP contribution in [-0.2, 0) is 15.0 Å². The highest BCUT2D eigenvalue weighted by atomic mass is 16.5. The second kappa shape index (κ2) is 9.62. The molecule has 0 radical (unpaired) electrons. The Morgan fingerprint density at radius 3 is 2.51 bits per heavy atom. The maximum atomic E-state index is 14.6. The van der Waals surface area contributed by atoms with E-state index in [1.165, 1.54) is 5.01 Å². The van der Waals surface area contributed by atoms with E-state index in [2.05, 4.69) is 12.0 Å². The van der Waals surface area contributed by atoms with Crippen molar-refractivity contribution in [2.45, 2.75) is 31.6 Å². The Morgan fingerprint density at radius 2 is 1.84 bits per heavy atom. The zero-order valence-corrected chi connectivity index (χ0v) is 21.0. The van der Waals surface area contributed by atoms with Crippen molar-refractivity contribution in [3.63, 3.8) is 0 Å². The number of phenolic OH excluding ortho intramolecular Hbond substituents is 1. The Bertz CT molecular complexity index is 1380. The van der Waals surface area contributed by atoms with Gasteiger partial charge in [0.1, 0.15) is 0 Å². The lowest BCUT2D eigenvalue weighted by Crippen LogP contribution is -2.48. The van der Waals surface area contributed by atoms with Gasteiger partial charge in [-0.2, -0.15) is 5.01 Å². The highest BCUT2D eigenvalue weighted by molar-refractivity contribution is 6.12. The van der Waals surface area contributed by atoms with Crippen molar-refractivity contribution < 1.29 is 19.4 Å². The minimum atomic E-state index is -1.21. The fraction of sp³-hybridized carbons (Fsp3) is 0.226. The minimum absolute atomic E-state index is 0.0207. The lowest BCUT2D eigenvalue weighted by molar-refractivity contribution is -0.138. The molecule has 0 saturated carbocycles. The van der Waals surface area contributed by atoms with Gasteiger partial charge in [-0.3, -0.25) is 15.0 Å². The maximum Gasteiger partial charge on any atom is 0.260 e. The Labute approximate surface area is 216 Å². The molecule has 37 heavy (non-hydrogen) atoms. The van der Waals surface area contributed by atoms with Crippen molar-refractivity contribution in [3.8, 4) is 11.5 Å². The first kappa shape index (κ1) is 24.4. The number of aromatic hydroxyl groups is 1. The Balaban J connectivity index is 1.71. The van der Waals surface area contributed by atoms with E-state index in [9.17, 15) is 14.7 Å². The third-order valence-corrected chi connectivity index (χ3v) is 7.40. The standard InChI is InChI=1S/C31H30N2O4/c1-4-21-13-17-25-29(35)33(32-24-15-11-20(3)12-16-24)30(36)31(25,23-9-7-6-8-10-23)28(21)22-14-18-26(34)27(19-22)37-5-2/h4,6-16,18-19,25,28,32,34H,1,5,17H2,2-3H3. The van der Waals surface area contributed by atoms with Crippen LogP contribution in [0.5, 0.6) is 11.5 Å². The molecule has 0 spiro atoms. The summed E-state index contributed by atoms with van der Waals surface area (Å²) in [5.74, 6) is -1.39. The highest BCUT2D eigenvalue weighted by Crippen LogP contribution is 2.58. The van der Waals surface area contributed by atoms with Crippen molar-refractivity contribution in [2.24, 2.45) is 5.92 Å². The summed E-state index contributed by atoms with van der Waals surface area (Å²) in [6, 6.07) is 22.2. The average Bonchev–Trinajstić information content (AvgIpc) is 3.13. The largest absolute Gasteiger partial charge is 0.504 e. The first-order valence-electron chi connectivity index (χ1n) is 12.5. The fourth-order valence-corrected chi connectivity index (χ4v) is 5.74. The van der Waals surface area contributed by atoms with E-state index in [1.807, 2.05) is 74.5 Å². The molecule has 6 heteroatoms. The van der Waals surface area contributed by atoms with E-state index in [1.54, 1.807) is 24.3 Å². The lowest BCUT2D eigenvalue weighted by atomic mass is 9.56. The normalized spacial score (nSPS) is 22.9. The highest BCUT2D eigenvalue weighted by Gasteiger charge is 2.65. The molecule has 2 N–H and O–H groups in total. The van der Waals surface area contributed by atoms with Gasteiger partial charge in [-0.25, -0.2) is 0 Å². The number of phenols is 1. The van der Waals surface area contributed by atoms with Gasteiger partial charge in [0.2, 0.25) is 0 Å². The van der Waals surface area contributed by atoms with E-state index in [4.69, 9.17) is 4.74 Å². The number of allylic oxidation sites excluding steroid dienone is 3. The second-order valence-corrected chi connectivity index (χ2v) is 9.48. The number of benzene rings is 3. The minimum Gasteiger partial charge on any atom is -0.504 e. The van der Waals surface area contributed by atoms with Gasteiger partial charge in [0.05, 0.1) is 23.6 Å².